The van der Waals surface area contributed by atoms with Crippen LogP contribution in [0.15, 0.2) is 57.5 Å². The number of hydrogen-bond donors (Lipinski definition) is 1. The Bertz CT molecular complexity index is 1170. The van der Waals surface area contributed by atoms with Gasteiger partial charge < -0.3 is 13.9 Å². The molecule has 3 heterocycles. The molecule has 0 atom stereocenters. The molecule has 0 spiro atoms. The topological polar surface area (TPSA) is 80.7 Å². The van der Waals surface area contributed by atoms with Crippen molar-refractivity contribution in [1.29, 1.82) is 0 Å². The molecule has 1 N–H and O–H groups in total. The molecule has 0 saturated carbocycles. The van der Waals surface area contributed by atoms with Crippen LogP contribution in [0.25, 0.3) is 45.0 Å². The van der Waals surface area contributed by atoms with E-state index >= 15 is 0 Å². The highest BCUT2D eigenvalue weighted by atomic mass is 16.5. The monoisotopic (exact) mass is 330 g/mol. The lowest BCUT2D eigenvalue weighted by molar-refractivity contribution is 0.431. The summed E-state index contributed by atoms with van der Waals surface area (Å²) >= 11 is 0. The lowest BCUT2D eigenvalue weighted by atomic mass is 10.2. The number of nitrogens with one attached hydrogen (secondary N) is 1. The molecule has 0 aliphatic rings. The fourth-order valence-corrected chi connectivity index (χ4v) is 2.90. The first kappa shape index (κ1) is 14.0. The smallest absolute Gasteiger partial charge is 0.274 e. The van der Waals surface area contributed by atoms with E-state index in [0.29, 0.717) is 11.7 Å². The lowest BCUT2D eigenvalue weighted by Gasteiger charge is -1.92. The molecule has 5 aromatic rings. The summed E-state index contributed by atoms with van der Waals surface area (Å²) in [6, 6.07) is 15.7. The number of nitrogens with zero attached hydrogens (tertiary/aromatic N) is 3. The van der Waals surface area contributed by atoms with Gasteiger partial charge in [-0.3, -0.25) is 0 Å². The minimum atomic E-state index is 0.459. The molecule has 3 aromatic heterocycles. The molecule has 0 fully saturated rings. The molecule has 2 aromatic carbocycles. The van der Waals surface area contributed by atoms with Gasteiger partial charge in [-0.2, -0.15) is 4.98 Å². The highest BCUT2D eigenvalue weighted by Gasteiger charge is 2.14. The van der Waals surface area contributed by atoms with E-state index in [1.165, 1.54) is 0 Å². The van der Waals surface area contributed by atoms with Crippen molar-refractivity contribution in [2.45, 2.75) is 13.3 Å². The van der Waals surface area contributed by atoms with Gasteiger partial charge in [-0.15, -0.1) is 0 Å². The number of aromatic amines is 1. The Kier molecular flexibility index (Phi) is 2.97. The fraction of sp³-hybridized carbons (Fsp3) is 0.105. The van der Waals surface area contributed by atoms with Gasteiger partial charge in [0.2, 0.25) is 5.82 Å². The minimum absolute atomic E-state index is 0.459. The molecule has 0 amide bonds. The molecule has 122 valence electrons. The largest absolute Gasteiger partial charge is 0.441 e. The summed E-state index contributed by atoms with van der Waals surface area (Å²) in [5.74, 6) is 1.70. The third-order valence-electron chi connectivity index (χ3n) is 4.18. The Morgan fingerprint density at radius 2 is 1.96 bits per heavy atom. The first-order valence-electron chi connectivity index (χ1n) is 8.12. The lowest BCUT2D eigenvalue weighted by Crippen LogP contribution is -1.82. The van der Waals surface area contributed by atoms with E-state index < -0.39 is 0 Å². The number of hydrogen-bond acceptors (Lipinski definition) is 5. The molecule has 0 aliphatic carbocycles. The molecule has 5 rings (SSSR count). The van der Waals surface area contributed by atoms with Crippen LogP contribution in [0.3, 0.4) is 0 Å². The number of para-hydroxylation sites is 1. The van der Waals surface area contributed by atoms with Crippen LogP contribution in [0.1, 0.15) is 12.8 Å². The molecule has 0 radical (unpaired) electrons. The third-order valence-corrected chi connectivity index (χ3v) is 4.18. The van der Waals surface area contributed by atoms with Crippen LogP contribution < -0.4 is 0 Å². The molecule has 0 saturated heterocycles. The summed E-state index contributed by atoms with van der Waals surface area (Å²) in [4.78, 5) is 12.3. The molecule has 25 heavy (non-hydrogen) atoms. The molecule has 6 nitrogen and oxygen atoms in total. The maximum Gasteiger partial charge on any atom is 0.274 e. The van der Waals surface area contributed by atoms with Crippen LogP contribution in [0.2, 0.25) is 0 Å². The highest BCUT2D eigenvalue weighted by Crippen LogP contribution is 2.27. The molecule has 0 bridgehead atoms. The SMILES string of the molecule is CCc1nc2cc(-c3noc(-c4cc5ccccc5[nH]4)n3)ccc2o1. The molecular formula is C19H14N4O2. The summed E-state index contributed by atoms with van der Waals surface area (Å²) in [6.45, 7) is 2.01. The standard InChI is InChI=1S/C19H14N4O2/c1-2-17-21-14-10-12(7-8-16(14)24-17)18-22-19(25-23-18)15-9-11-5-3-4-6-13(11)20-15/h3-10,20H,2H2,1H3. The van der Waals surface area contributed by atoms with Crippen molar-refractivity contribution in [3.8, 4) is 23.0 Å². The van der Waals surface area contributed by atoms with Gasteiger partial charge in [0.25, 0.3) is 5.89 Å². The number of H-pyrrole nitrogens is 1. The second-order valence-electron chi connectivity index (χ2n) is 5.84. The first-order valence-corrected chi connectivity index (χ1v) is 8.12. The number of fused-ring (bicyclic) bond motifs is 2. The van der Waals surface area contributed by atoms with Crippen LogP contribution in [0, 0.1) is 0 Å². The summed E-state index contributed by atoms with van der Waals surface area (Å²) in [7, 11) is 0. The van der Waals surface area contributed by atoms with E-state index in [0.717, 1.165) is 45.6 Å². The Balaban J connectivity index is 1.55. The Morgan fingerprint density at radius 1 is 1.04 bits per heavy atom. The minimum Gasteiger partial charge on any atom is -0.441 e. The van der Waals surface area contributed by atoms with Crippen molar-refractivity contribution in [3.63, 3.8) is 0 Å². The van der Waals surface area contributed by atoms with E-state index in [1.54, 1.807) is 0 Å². The van der Waals surface area contributed by atoms with Crippen molar-refractivity contribution in [3.05, 3.63) is 54.4 Å². The number of benzene rings is 2. The zero-order valence-corrected chi connectivity index (χ0v) is 13.5. The molecular weight excluding hydrogens is 316 g/mol. The first-order chi connectivity index (χ1) is 12.3. The summed E-state index contributed by atoms with van der Waals surface area (Å²) in [6.07, 6.45) is 0.761. The van der Waals surface area contributed by atoms with Crippen LogP contribution in [0.5, 0.6) is 0 Å². The van der Waals surface area contributed by atoms with E-state index in [2.05, 4.69) is 20.1 Å². The van der Waals surface area contributed by atoms with Gasteiger partial charge in [0, 0.05) is 22.9 Å². The molecule has 0 unspecified atom stereocenters. The predicted molar refractivity (Wildman–Crippen MR) is 94.0 cm³/mol. The maximum atomic E-state index is 5.64. The average Bonchev–Trinajstić information content (AvgIpc) is 3.36. The van der Waals surface area contributed by atoms with E-state index in [1.807, 2.05) is 55.5 Å². The van der Waals surface area contributed by atoms with Gasteiger partial charge in [0.05, 0.1) is 0 Å². The number of oxazole rings is 1. The Labute approximate surface area is 142 Å². The predicted octanol–water partition coefficient (Wildman–Crippen LogP) is 4.59. The molecule has 6 heteroatoms. The van der Waals surface area contributed by atoms with Crippen LogP contribution >= 0.6 is 0 Å². The van der Waals surface area contributed by atoms with Crippen LogP contribution in [0.4, 0.5) is 0 Å². The Hall–Kier alpha value is -3.41. The number of rotatable bonds is 3. The van der Waals surface area contributed by atoms with Gasteiger partial charge >= 0.3 is 0 Å². The van der Waals surface area contributed by atoms with E-state index in [-0.39, 0.29) is 0 Å². The van der Waals surface area contributed by atoms with E-state index in [4.69, 9.17) is 8.94 Å². The van der Waals surface area contributed by atoms with Crippen molar-refractivity contribution < 1.29 is 8.94 Å². The van der Waals surface area contributed by atoms with Crippen molar-refractivity contribution in [2.75, 3.05) is 0 Å². The van der Waals surface area contributed by atoms with Gasteiger partial charge in [-0.05, 0) is 30.3 Å². The zero-order valence-electron chi connectivity index (χ0n) is 13.5. The second-order valence-corrected chi connectivity index (χ2v) is 5.84. The molecule has 0 aliphatic heterocycles. The fourth-order valence-electron chi connectivity index (χ4n) is 2.90. The third kappa shape index (κ3) is 2.30. The number of aryl methyl sites for hydroxylation is 1. The van der Waals surface area contributed by atoms with Crippen LogP contribution in [-0.2, 0) is 6.42 Å². The summed E-state index contributed by atoms with van der Waals surface area (Å²) < 4.78 is 11.1. The normalized spacial score (nSPS) is 11.6. The summed E-state index contributed by atoms with van der Waals surface area (Å²) in [5.41, 5.74) is 4.24. The summed E-state index contributed by atoms with van der Waals surface area (Å²) in [5, 5.41) is 5.21. The van der Waals surface area contributed by atoms with Gasteiger partial charge in [-0.1, -0.05) is 30.3 Å². The highest BCUT2D eigenvalue weighted by molar-refractivity contribution is 5.84. The average molecular weight is 330 g/mol. The van der Waals surface area contributed by atoms with Gasteiger partial charge in [0.1, 0.15) is 11.2 Å². The van der Waals surface area contributed by atoms with Crippen molar-refractivity contribution in [2.24, 2.45) is 0 Å². The van der Waals surface area contributed by atoms with Crippen molar-refractivity contribution >= 4 is 22.0 Å². The van der Waals surface area contributed by atoms with Crippen molar-refractivity contribution in [1.82, 2.24) is 20.1 Å². The zero-order chi connectivity index (χ0) is 16.8. The van der Waals surface area contributed by atoms with Gasteiger partial charge in [0.15, 0.2) is 11.5 Å². The Morgan fingerprint density at radius 3 is 2.84 bits per heavy atom. The van der Waals surface area contributed by atoms with Crippen LogP contribution in [-0.4, -0.2) is 20.1 Å². The van der Waals surface area contributed by atoms with E-state index in [9.17, 15) is 0 Å². The maximum absolute atomic E-state index is 5.64. The quantitative estimate of drug-likeness (QED) is 0.523. The number of aromatic nitrogens is 4. The second kappa shape index (κ2) is 5.31. The van der Waals surface area contributed by atoms with Gasteiger partial charge in [-0.25, -0.2) is 4.98 Å².